The van der Waals surface area contributed by atoms with Crippen LogP contribution in [-0.2, 0) is 11.3 Å². The summed E-state index contributed by atoms with van der Waals surface area (Å²) in [4.78, 5) is 30.1. The Morgan fingerprint density at radius 2 is 1.70 bits per heavy atom. The molecule has 1 aromatic heterocycles. The van der Waals surface area contributed by atoms with E-state index in [1.807, 2.05) is 71.8 Å². The lowest BCUT2D eigenvalue weighted by atomic mass is 10.0. The molecule has 1 saturated heterocycles. The Balaban J connectivity index is 1.44. The van der Waals surface area contributed by atoms with E-state index in [-0.39, 0.29) is 17.6 Å². The Hall–Kier alpha value is -2.83. The SMILES string of the molecule is C=C(C)n1c(=O)n(CCN2CCC(N(C(=O)CC)c3ccc(Cl)cc3)CC2)c2ccccc21. The average molecular weight is 467 g/mol. The highest BCUT2D eigenvalue weighted by molar-refractivity contribution is 6.30. The summed E-state index contributed by atoms with van der Waals surface area (Å²) in [5.41, 5.74) is 3.41. The van der Waals surface area contributed by atoms with Crippen LogP contribution in [0.3, 0.4) is 0 Å². The lowest BCUT2D eigenvalue weighted by molar-refractivity contribution is -0.119. The minimum atomic E-state index is -0.0407. The number of hydrogen-bond donors (Lipinski definition) is 0. The Labute approximate surface area is 199 Å². The van der Waals surface area contributed by atoms with Crippen molar-refractivity contribution in [2.45, 2.75) is 45.7 Å². The molecule has 6 nitrogen and oxygen atoms in total. The normalized spacial score (nSPS) is 15.1. The van der Waals surface area contributed by atoms with E-state index in [0.29, 0.717) is 18.0 Å². The number of benzene rings is 2. The highest BCUT2D eigenvalue weighted by Gasteiger charge is 2.28. The fraction of sp³-hybridized carbons (Fsp3) is 0.385. The minimum Gasteiger partial charge on any atom is -0.309 e. The van der Waals surface area contributed by atoms with E-state index in [1.165, 1.54) is 0 Å². The Morgan fingerprint density at radius 3 is 2.30 bits per heavy atom. The van der Waals surface area contributed by atoms with E-state index in [9.17, 15) is 9.59 Å². The number of carbonyl (C=O) groups is 1. The van der Waals surface area contributed by atoms with Crippen LogP contribution in [0.1, 0.15) is 33.1 Å². The fourth-order valence-corrected chi connectivity index (χ4v) is 4.89. The number of halogens is 1. The first-order valence-electron chi connectivity index (χ1n) is 11.6. The van der Waals surface area contributed by atoms with Crippen LogP contribution in [0.25, 0.3) is 16.7 Å². The fourth-order valence-electron chi connectivity index (χ4n) is 4.77. The predicted octanol–water partition coefficient (Wildman–Crippen LogP) is 4.85. The van der Waals surface area contributed by atoms with Crippen LogP contribution in [-0.4, -0.2) is 45.6 Å². The number of aromatic nitrogens is 2. The standard InChI is InChI=1S/C26H31ClN4O2/c1-4-25(32)31(21-11-9-20(27)10-12-21)22-13-15-28(16-14-22)17-18-29-23-7-5-6-8-24(23)30(19(2)3)26(29)33/h5-12,22H,2,4,13-18H2,1,3H3. The molecule has 0 spiro atoms. The van der Waals surface area contributed by atoms with Crippen LogP contribution in [0.2, 0.25) is 5.02 Å². The van der Waals surface area contributed by atoms with Gasteiger partial charge in [-0.1, -0.05) is 37.2 Å². The van der Waals surface area contributed by atoms with Gasteiger partial charge in [0.1, 0.15) is 0 Å². The number of fused-ring (bicyclic) bond motifs is 1. The van der Waals surface area contributed by atoms with Gasteiger partial charge in [-0.05, 0) is 56.2 Å². The zero-order valence-corrected chi connectivity index (χ0v) is 20.1. The monoisotopic (exact) mass is 466 g/mol. The first kappa shape index (κ1) is 23.3. The highest BCUT2D eigenvalue weighted by Crippen LogP contribution is 2.26. The van der Waals surface area contributed by atoms with Gasteiger partial charge in [0.2, 0.25) is 5.91 Å². The summed E-state index contributed by atoms with van der Waals surface area (Å²) in [6.07, 6.45) is 2.27. The van der Waals surface area contributed by atoms with E-state index in [0.717, 1.165) is 54.9 Å². The molecule has 0 saturated carbocycles. The number of carbonyl (C=O) groups excluding carboxylic acids is 1. The van der Waals surface area contributed by atoms with Crippen molar-refractivity contribution in [3.8, 4) is 0 Å². The van der Waals surface area contributed by atoms with E-state index < -0.39 is 0 Å². The van der Waals surface area contributed by atoms with Gasteiger partial charge in [0, 0.05) is 55.0 Å². The van der Waals surface area contributed by atoms with Crippen molar-refractivity contribution in [2.75, 3.05) is 24.5 Å². The third-order valence-corrected chi connectivity index (χ3v) is 6.71. The van der Waals surface area contributed by atoms with Gasteiger partial charge in [0.25, 0.3) is 0 Å². The first-order chi connectivity index (χ1) is 15.9. The summed E-state index contributed by atoms with van der Waals surface area (Å²) < 4.78 is 3.53. The number of rotatable bonds is 7. The van der Waals surface area contributed by atoms with Gasteiger partial charge in [-0.2, -0.15) is 0 Å². The van der Waals surface area contributed by atoms with E-state index >= 15 is 0 Å². The molecule has 0 N–H and O–H groups in total. The summed E-state index contributed by atoms with van der Waals surface area (Å²) in [7, 11) is 0. The van der Waals surface area contributed by atoms with Crippen LogP contribution < -0.4 is 10.6 Å². The summed E-state index contributed by atoms with van der Waals surface area (Å²) >= 11 is 6.05. The molecule has 1 aliphatic heterocycles. The molecule has 1 fully saturated rings. The molecule has 174 valence electrons. The second-order valence-corrected chi connectivity index (χ2v) is 9.10. The second kappa shape index (κ2) is 9.98. The van der Waals surface area contributed by atoms with Crippen molar-refractivity contribution in [1.82, 2.24) is 14.0 Å². The zero-order chi connectivity index (χ0) is 23.5. The molecule has 2 aromatic carbocycles. The largest absolute Gasteiger partial charge is 0.333 e. The van der Waals surface area contributed by atoms with E-state index in [4.69, 9.17) is 11.6 Å². The van der Waals surface area contributed by atoms with Crippen LogP contribution in [0.4, 0.5) is 5.69 Å². The molecule has 0 bridgehead atoms. The molecule has 33 heavy (non-hydrogen) atoms. The van der Waals surface area contributed by atoms with Crippen LogP contribution in [0, 0.1) is 0 Å². The van der Waals surface area contributed by atoms with Crippen LogP contribution >= 0.6 is 11.6 Å². The molecule has 0 radical (unpaired) electrons. The molecule has 0 atom stereocenters. The summed E-state index contributed by atoms with van der Waals surface area (Å²) in [6.45, 7) is 10.9. The number of piperidine rings is 1. The summed E-state index contributed by atoms with van der Waals surface area (Å²) in [5.74, 6) is 0.134. The van der Waals surface area contributed by atoms with Crippen molar-refractivity contribution in [2.24, 2.45) is 0 Å². The average Bonchev–Trinajstić information content (AvgIpc) is 3.11. The third-order valence-electron chi connectivity index (χ3n) is 6.46. The zero-order valence-electron chi connectivity index (χ0n) is 19.3. The van der Waals surface area contributed by atoms with Gasteiger partial charge in [0.15, 0.2) is 0 Å². The predicted molar refractivity (Wildman–Crippen MR) is 136 cm³/mol. The Morgan fingerprint density at radius 1 is 1.06 bits per heavy atom. The maximum Gasteiger partial charge on any atom is 0.333 e. The molecule has 1 amide bonds. The molecule has 0 unspecified atom stereocenters. The molecule has 2 heterocycles. The molecule has 0 aliphatic carbocycles. The molecular weight excluding hydrogens is 436 g/mol. The quantitative estimate of drug-likeness (QED) is 0.500. The number of amides is 1. The van der Waals surface area contributed by atoms with Gasteiger partial charge < -0.3 is 9.80 Å². The number of para-hydroxylation sites is 2. The molecule has 7 heteroatoms. The van der Waals surface area contributed by atoms with Crippen LogP contribution in [0.15, 0.2) is 59.9 Å². The summed E-state index contributed by atoms with van der Waals surface area (Å²) in [5, 5.41) is 0.667. The number of anilines is 1. The second-order valence-electron chi connectivity index (χ2n) is 8.66. The highest BCUT2D eigenvalue weighted by atomic mass is 35.5. The third kappa shape index (κ3) is 4.77. The van der Waals surface area contributed by atoms with Gasteiger partial charge in [-0.15, -0.1) is 0 Å². The smallest absolute Gasteiger partial charge is 0.309 e. The minimum absolute atomic E-state index is 0.0407. The maximum atomic E-state index is 13.0. The van der Waals surface area contributed by atoms with E-state index in [1.54, 1.807) is 4.57 Å². The molecule has 4 rings (SSSR count). The van der Waals surface area contributed by atoms with Crippen molar-refractivity contribution >= 4 is 39.9 Å². The van der Waals surface area contributed by atoms with Crippen LogP contribution in [0.5, 0.6) is 0 Å². The lowest BCUT2D eigenvalue weighted by Gasteiger charge is -2.38. The molecule has 3 aromatic rings. The van der Waals surface area contributed by atoms with Crippen molar-refractivity contribution in [1.29, 1.82) is 0 Å². The Kier molecular flexibility index (Phi) is 7.05. The van der Waals surface area contributed by atoms with Gasteiger partial charge in [-0.3, -0.25) is 13.9 Å². The Bertz CT molecular complexity index is 1200. The lowest BCUT2D eigenvalue weighted by Crippen LogP contribution is -2.48. The number of likely N-dealkylation sites (tertiary alicyclic amines) is 1. The van der Waals surface area contributed by atoms with Gasteiger partial charge in [-0.25, -0.2) is 4.79 Å². The van der Waals surface area contributed by atoms with Gasteiger partial charge >= 0.3 is 5.69 Å². The topological polar surface area (TPSA) is 50.5 Å². The number of imidazole rings is 1. The number of allylic oxidation sites excluding steroid dienone is 1. The summed E-state index contributed by atoms with van der Waals surface area (Å²) in [6, 6.07) is 15.5. The van der Waals surface area contributed by atoms with Crippen molar-refractivity contribution in [3.05, 3.63) is 70.6 Å². The number of hydrogen-bond acceptors (Lipinski definition) is 3. The van der Waals surface area contributed by atoms with Crippen molar-refractivity contribution in [3.63, 3.8) is 0 Å². The maximum absolute atomic E-state index is 13.0. The van der Waals surface area contributed by atoms with Crippen molar-refractivity contribution < 1.29 is 4.79 Å². The molecular formula is C26H31ClN4O2. The van der Waals surface area contributed by atoms with Gasteiger partial charge in [0.05, 0.1) is 11.0 Å². The van der Waals surface area contributed by atoms with E-state index in [2.05, 4.69) is 11.5 Å². The molecule has 1 aliphatic rings. The first-order valence-corrected chi connectivity index (χ1v) is 11.9. The number of nitrogens with zero attached hydrogens (tertiary/aromatic N) is 4.